The number of carbonyl (C=O) groups excluding carboxylic acids is 1. The van der Waals surface area contributed by atoms with Gasteiger partial charge in [0.15, 0.2) is 0 Å². The molecule has 0 saturated carbocycles. The van der Waals surface area contributed by atoms with Gasteiger partial charge in [-0.05, 0) is 42.0 Å². The number of nitrogens with zero attached hydrogens (tertiary/aromatic N) is 1. The first-order valence-corrected chi connectivity index (χ1v) is 9.04. The summed E-state index contributed by atoms with van der Waals surface area (Å²) < 4.78 is 12.0. The minimum Gasteiger partial charge on any atom is -0.459 e. The summed E-state index contributed by atoms with van der Waals surface area (Å²) in [7, 11) is 3.41. The van der Waals surface area contributed by atoms with Gasteiger partial charge < -0.3 is 14.1 Å². The lowest BCUT2D eigenvalue weighted by molar-refractivity contribution is 0.0775. The van der Waals surface area contributed by atoms with E-state index >= 15 is 0 Å². The maximum absolute atomic E-state index is 12.7. The van der Waals surface area contributed by atoms with Crippen molar-refractivity contribution in [2.75, 3.05) is 14.2 Å². The van der Waals surface area contributed by atoms with Gasteiger partial charge in [0.25, 0.3) is 5.91 Å². The van der Waals surface area contributed by atoms with E-state index in [0.29, 0.717) is 18.7 Å². The smallest absolute Gasteiger partial charge is 0.254 e. The van der Waals surface area contributed by atoms with E-state index in [9.17, 15) is 4.79 Å². The van der Waals surface area contributed by atoms with Crippen LogP contribution >= 0.6 is 15.9 Å². The molecular formula is C21H20BrNO3. The Hall–Kier alpha value is -2.37. The number of hydrogen-bond acceptors (Lipinski definition) is 3. The topological polar surface area (TPSA) is 42.7 Å². The summed E-state index contributed by atoms with van der Waals surface area (Å²) in [5, 5.41) is 0. The summed E-state index contributed by atoms with van der Waals surface area (Å²) in [6.07, 6.45) is 0. The Morgan fingerprint density at radius 1 is 1.12 bits per heavy atom. The van der Waals surface area contributed by atoms with Gasteiger partial charge in [0.05, 0.1) is 13.2 Å². The van der Waals surface area contributed by atoms with Gasteiger partial charge in [-0.25, -0.2) is 0 Å². The van der Waals surface area contributed by atoms with Crippen LogP contribution < -0.4 is 0 Å². The first-order chi connectivity index (χ1) is 12.6. The number of amides is 1. The molecule has 3 rings (SSSR count). The van der Waals surface area contributed by atoms with Gasteiger partial charge in [-0.1, -0.05) is 40.2 Å². The summed E-state index contributed by atoms with van der Waals surface area (Å²) in [5.41, 5.74) is 2.62. The zero-order valence-electron chi connectivity index (χ0n) is 14.7. The molecule has 5 heteroatoms. The molecule has 0 aliphatic carbocycles. The fourth-order valence-corrected chi connectivity index (χ4v) is 2.98. The number of furan rings is 1. The molecule has 0 unspecified atom stereocenters. The summed E-state index contributed by atoms with van der Waals surface area (Å²) in [4.78, 5) is 14.3. The lowest BCUT2D eigenvalue weighted by atomic mass is 10.1. The van der Waals surface area contributed by atoms with Gasteiger partial charge >= 0.3 is 0 Å². The van der Waals surface area contributed by atoms with E-state index < -0.39 is 0 Å². The minimum atomic E-state index is -0.0513. The molecule has 0 aliphatic rings. The normalized spacial score (nSPS) is 10.7. The molecule has 26 heavy (non-hydrogen) atoms. The Morgan fingerprint density at radius 3 is 2.62 bits per heavy atom. The zero-order chi connectivity index (χ0) is 18.5. The number of halogens is 1. The van der Waals surface area contributed by atoms with E-state index in [1.54, 1.807) is 19.1 Å². The van der Waals surface area contributed by atoms with Crippen molar-refractivity contribution in [2.45, 2.75) is 13.2 Å². The standard InChI is InChI=1S/C21H20BrNO3/c1-23(21(24)17-5-3-4-15(12-17)14-25-2)13-19-10-11-20(26-19)16-6-8-18(22)9-7-16/h3-12H,13-14H2,1-2H3. The number of hydrogen-bond donors (Lipinski definition) is 0. The highest BCUT2D eigenvalue weighted by Crippen LogP contribution is 2.24. The predicted molar refractivity (Wildman–Crippen MR) is 105 cm³/mol. The molecule has 0 saturated heterocycles. The number of benzene rings is 2. The molecule has 0 fully saturated rings. The van der Waals surface area contributed by atoms with Gasteiger partial charge in [0.1, 0.15) is 11.5 Å². The molecular weight excluding hydrogens is 394 g/mol. The highest BCUT2D eigenvalue weighted by Gasteiger charge is 2.14. The molecule has 1 heterocycles. The highest BCUT2D eigenvalue weighted by atomic mass is 79.9. The summed E-state index contributed by atoms with van der Waals surface area (Å²) in [6, 6.07) is 19.2. The maximum atomic E-state index is 12.7. The van der Waals surface area contributed by atoms with Crippen molar-refractivity contribution in [3.05, 3.63) is 82.0 Å². The molecule has 134 valence electrons. The van der Waals surface area contributed by atoms with Gasteiger partial charge in [-0.15, -0.1) is 0 Å². The zero-order valence-corrected chi connectivity index (χ0v) is 16.3. The summed E-state index contributed by atoms with van der Waals surface area (Å²) in [5.74, 6) is 1.48. The molecule has 0 aliphatic heterocycles. The van der Waals surface area contributed by atoms with Crippen molar-refractivity contribution in [3.8, 4) is 11.3 Å². The molecule has 0 bridgehead atoms. The van der Waals surface area contributed by atoms with Crippen molar-refractivity contribution in [2.24, 2.45) is 0 Å². The molecule has 2 aromatic carbocycles. The molecule has 0 atom stereocenters. The van der Waals surface area contributed by atoms with Crippen molar-refractivity contribution in [1.82, 2.24) is 4.90 Å². The monoisotopic (exact) mass is 413 g/mol. The second-order valence-electron chi connectivity index (χ2n) is 6.07. The van der Waals surface area contributed by atoms with Crippen LogP contribution in [-0.4, -0.2) is 25.0 Å². The fraction of sp³-hybridized carbons (Fsp3) is 0.190. The molecule has 0 spiro atoms. The SMILES string of the molecule is COCc1cccc(C(=O)N(C)Cc2ccc(-c3ccc(Br)cc3)o2)c1. The van der Waals surface area contributed by atoms with Crippen LogP contribution in [0.3, 0.4) is 0 Å². The van der Waals surface area contributed by atoms with E-state index in [-0.39, 0.29) is 5.91 Å². The quantitative estimate of drug-likeness (QED) is 0.562. The Bertz CT molecular complexity index is 886. The Labute approximate surface area is 161 Å². The molecule has 0 radical (unpaired) electrons. The Balaban J connectivity index is 1.70. The second-order valence-corrected chi connectivity index (χ2v) is 6.98. The first-order valence-electron chi connectivity index (χ1n) is 8.25. The highest BCUT2D eigenvalue weighted by molar-refractivity contribution is 9.10. The third kappa shape index (κ3) is 4.42. The van der Waals surface area contributed by atoms with Crippen LogP contribution in [-0.2, 0) is 17.9 Å². The van der Waals surface area contributed by atoms with Crippen molar-refractivity contribution < 1.29 is 13.9 Å². The number of carbonyl (C=O) groups is 1. The largest absolute Gasteiger partial charge is 0.459 e. The van der Waals surface area contributed by atoms with Crippen LogP contribution in [0.5, 0.6) is 0 Å². The van der Waals surface area contributed by atoms with Crippen LogP contribution in [0.15, 0.2) is 69.6 Å². The lowest BCUT2D eigenvalue weighted by Gasteiger charge is -2.16. The van der Waals surface area contributed by atoms with E-state index in [4.69, 9.17) is 9.15 Å². The van der Waals surface area contributed by atoms with E-state index in [2.05, 4.69) is 15.9 Å². The Kier molecular flexibility index (Phi) is 5.91. The van der Waals surface area contributed by atoms with Crippen LogP contribution in [0, 0.1) is 0 Å². The molecule has 4 nitrogen and oxygen atoms in total. The predicted octanol–water partition coefficient (Wildman–Crippen LogP) is 5.13. The number of methoxy groups -OCH3 is 1. The van der Waals surface area contributed by atoms with E-state index in [1.165, 1.54) is 0 Å². The van der Waals surface area contributed by atoms with E-state index in [1.807, 2.05) is 60.7 Å². The second kappa shape index (κ2) is 8.34. The maximum Gasteiger partial charge on any atom is 0.254 e. The van der Waals surface area contributed by atoms with Gasteiger partial charge in [-0.3, -0.25) is 4.79 Å². The van der Waals surface area contributed by atoms with Gasteiger partial charge in [-0.2, -0.15) is 0 Å². The minimum absolute atomic E-state index is 0.0513. The molecule has 3 aromatic rings. The summed E-state index contributed by atoms with van der Waals surface area (Å²) in [6.45, 7) is 0.892. The van der Waals surface area contributed by atoms with Crippen LogP contribution in [0.25, 0.3) is 11.3 Å². The van der Waals surface area contributed by atoms with Crippen molar-refractivity contribution >= 4 is 21.8 Å². The summed E-state index contributed by atoms with van der Waals surface area (Å²) >= 11 is 3.43. The van der Waals surface area contributed by atoms with Crippen molar-refractivity contribution in [3.63, 3.8) is 0 Å². The lowest BCUT2D eigenvalue weighted by Crippen LogP contribution is -2.26. The fourth-order valence-electron chi connectivity index (χ4n) is 2.72. The molecule has 0 N–H and O–H groups in total. The average Bonchev–Trinajstić information content (AvgIpc) is 3.10. The average molecular weight is 414 g/mol. The van der Waals surface area contributed by atoms with Crippen LogP contribution in [0.1, 0.15) is 21.7 Å². The Morgan fingerprint density at radius 2 is 1.88 bits per heavy atom. The first kappa shape index (κ1) is 18.4. The molecule has 1 amide bonds. The number of ether oxygens (including phenoxy) is 1. The van der Waals surface area contributed by atoms with Crippen molar-refractivity contribution in [1.29, 1.82) is 0 Å². The third-order valence-electron chi connectivity index (χ3n) is 4.02. The molecule has 1 aromatic heterocycles. The van der Waals surface area contributed by atoms with Gasteiger partial charge in [0.2, 0.25) is 0 Å². The van der Waals surface area contributed by atoms with E-state index in [0.717, 1.165) is 27.1 Å². The third-order valence-corrected chi connectivity index (χ3v) is 4.54. The van der Waals surface area contributed by atoms with Crippen LogP contribution in [0.4, 0.5) is 0 Å². The van der Waals surface area contributed by atoms with Crippen LogP contribution in [0.2, 0.25) is 0 Å². The van der Waals surface area contributed by atoms with Gasteiger partial charge in [0, 0.05) is 29.8 Å². The number of rotatable bonds is 6.